The fourth-order valence-corrected chi connectivity index (χ4v) is 8.42. The van der Waals surface area contributed by atoms with Gasteiger partial charge in [-0.1, -0.05) is 6.07 Å². The smallest absolute Gasteiger partial charge is 0.338 e. The number of nitrogens with one attached hydrogen (secondary N) is 1. The van der Waals surface area contributed by atoms with Crippen molar-refractivity contribution in [1.29, 1.82) is 0 Å². The van der Waals surface area contributed by atoms with Crippen LogP contribution in [-0.2, 0) is 31.3 Å². The second-order valence-electron chi connectivity index (χ2n) is 15.4. The van der Waals surface area contributed by atoms with Crippen LogP contribution in [0, 0.1) is 25.5 Å². The van der Waals surface area contributed by atoms with Gasteiger partial charge in [0.25, 0.3) is 0 Å². The largest absolute Gasteiger partial charge is 0.376 e. The Hall–Kier alpha value is -5.33. The van der Waals surface area contributed by atoms with E-state index in [-0.39, 0.29) is 17.1 Å². The normalized spacial score (nSPS) is 17.6. The summed E-state index contributed by atoms with van der Waals surface area (Å²) in [4.78, 5) is 20.3. The number of hydrogen-bond donors (Lipinski definition) is 1. The van der Waals surface area contributed by atoms with Gasteiger partial charge in [0.1, 0.15) is 11.6 Å². The highest BCUT2D eigenvalue weighted by molar-refractivity contribution is 5.82. The summed E-state index contributed by atoms with van der Waals surface area (Å²) < 4.78 is 42.8. The van der Waals surface area contributed by atoms with Crippen molar-refractivity contribution < 1.29 is 13.5 Å². The van der Waals surface area contributed by atoms with Gasteiger partial charge >= 0.3 is 5.69 Å². The third-order valence-corrected chi connectivity index (χ3v) is 11.1. The lowest BCUT2D eigenvalue weighted by atomic mass is 9.83. The van der Waals surface area contributed by atoms with E-state index >= 15 is 4.39 Å². The second-order valence-corrected chi connectivity index (χ2v) is 15.4. The molecular formula is C41H42F2N8O2. The summed E-state index contributed by atoms with van der Waals surface area (Å²) in [5, 5.41) is 10.7. The van der Waals surface area contributed by atoms with Crippen molar-refractivity contribution in [3.63, 3.8) is 0 Å². The minimum atomic E-state index is -0.524. The number of H-pyrrole nitrogens is 1. The predicted molar refractivity (Wildman–Crippen MR) is 200 cm³/mol. The van der Waals surface area contributed by atoms with E-state index in [4.69, 9.17) is 9.84 Å². The number of ether oxygens (including phenoxy) is 1. The van der Waals surface area contributed by atoms with E-state index in [2.05, 4.69) is 53.1 Å². The first-order valence-electron chi connectivity index (χ1n) is 18.2. The molecule has 2 aliphatic rings. The Bertz CT molecular complexity index is 2600. The van der Waals surface area contributed by atoms with Gasteiger partial charge in [-0.2, -0.15) is 10.2 Å². The summed E-state index contributed by atoms with van der Waals surface area (Å²) in [6.07, 6.45) is 7.39. The lowest BCUT2D eigenvalue weighted by molar-refractivity contribution is -0.0592. The van der Waals surface area contributed by atoms with Crippen LogP contribution in [0.25, 0.3) is 39.0 Å². The van der Waals surface area contributed by atoms with Gasteiger partial charge in [0.15, 0.2) is 5.82 Å². The first kappa shape index (κ1) is 33.5. The van der Waals surface area contributed by atoms with Crippen LogP contribution >= 0.6 is 0 Å². The number of aromatic amines is 1. The molecule has 0 saturated carbocycles. The van der Waals surface area contributed by atoms with E-state index in [1.807, 2.05) is 0 Å². The van der Waals surface area contributed by atoms with Crippen LogP contribution in [0.2, 0.25) is 0 Å². The average Bonchev–Trinajstić information content (AvgIpc) is 3.90. The third kappa shape index (κ3) is 5.71. The number of hydrogen-bond acceptors (Lipinski definition) is 5. The summed E-state index contributed by atoms with van der Waals surface area (Å²) in [6, 6.07) is 15.8. The summed E-state index contributed by atoms with van der Waals surface area (Å²) in [7, 11) is 1.75. The molecule has 0 spiro atoms. The van der Waals surface area contributed by atoms with Crippen molar-refractivity contribution in [3.8, 4) is 17.2 Å². The predicted octanol–water partition coefficient (Wildman–Crippen LogP) is 7.31. The molecule has 272 valence electrons. The zero-order chi connectivity index (χ0) is 36.8. The monoisotopic (exact) mass is 716 g/mol. The van der Waals surface area contributed by atoms with Crippen LogP contribution in [0.1, 0.15) is 66.2 Å². The van der Waals surface area contributed by atoms with Crippen molar-refractivity contribution >= 4 is 21.8 Å². The molecule has 10 nitrogen and oxygen atoms in total. The molecule has 0 aliphatic carbocycles. The standard InChI is InChI=1S/C41H42F2N8O2/c1-24-16-30(17-25(2)37(24)42)51-39(50-14-13-49(40(50)52)36-9-8-35-31(38(36)43)21-44-47(35)5)32-23-48(12-10-34(32)46-51)22-29-19-28-18-26(6-7-33(28)45-29)27-11-15-53-41(3,4)20-27/h6-9,13-14,16-19,21,27,45H,10-12,15,20,22-23H2,1-5H3/t27-/m0/s1. The molecule has 1 saturated heterocycles. The number of nitrogens with zero attached hydrogens (tertiary/aromatic N) is 7. The lowest BCUT2D eigenvalue weighted by Crippen LogP contribution is -2.32. The maximum absolute atomic E-state index is 15.8. The van der Waals surface area contributed by atoms with Crippen molar-refractivity contribution in [1.82, 2.24) is 38.6 Å². The van der Waals surface area contributed by atoms with Crippen LogP contribution in [-0.4, -0.2) is 57.3 Å². The van der Waals surface area contributed by atoms with Gasteiger partial charge in [-0.3, -0.25) is 18.7 Å². The van der Waals surface area contributed by atoms with Crippen LogP contribution < -0.4 is 5.69 Å². The highest BCUT2D eigenvalue weighted by atomic mass is 19.1. The quantitative estimate of drug-likeness (QED) is 0.195. The minimum Gasteiger partial charge on any atom is -0.376 e. The molecule has 1 N–H and O–H groups in total. The summed E-state index contributed by atoms with van der Waals surface area (Å²) >= 11 is 0. The maximum atomic E-state index is 15.8. The minimum absolute atomic E-state index is 0.118. The van der Waals surface area contributed by atoms with E-state index in [0.29, 0.717) is 59.0 Å². The van der Waals surface area contributed by atoms with Crippen LogP contribution in [0.15, 0.2) is 71.9 Å². The Morgan fingerprint density at radius 1 is 1.00 bits per heavy atom. The van der Waals surface area contributed by atoms with E-state index in [1.165, 1.54) is 26.3 Å². The summed E-state index contributed by atoms with van der Waals surface area (Å²) in [5.41, 5.74) is 7.17. The lowest BCUT2D eigenvalue weighted by Gasteiger charge is -2.35. The van der Waals surface area contributed by atoms with Crippen LogP contribution in [0.3, 0.4) is 0 Å². The SMILES string of the molecule is Cc1cc(-n2nc3c(c2-n2ccn(-c4ccc5c(cnn5C)c4F)c2=O)CN(Cc2cc4cc([C@H]5CCOC(C)(C)C5)ccc4[nH]2)CC3)cc(C)c1F. The highest BCUT2D eigenvalue weighted by Gasteiger charge is 2.31. The first-order chi connectivity index (χ1) is 25.4. The Morgan fingerprint density at radius 2 is 1.79 bits per heavy atom. The fraction of sp³-hybridized carbons (Fsp3) is 0.341. The molecule has 12 heteroatoms. The Kier molecular flexibility index (Phi) is 7.83. The number of benzene rings is 3. The molecule has 0 bridgehead atoms. The van der Waals surface area contributed by atoms with Gasteiger partial charge in [-0.25, -0.2) is 18.3 Å². The highest BCUT2D eigenvalue weighted by Crippen LogP contribution is 2.37. The molecule has 6 heterocycles. The van der Waals surface area contributed by atoms with E-state index in [1.54, 1.807) is 66.9 Å². The summed E-state index contributed by atoms with van der Waals surface area (Å²) in [5.74, 6) is 0.232. The van der Waals surface area contributed by atoms with Gasteiger partial charge < -0.3 is 9.72 Å². The number of aryl methyl sites for hydroxylation is 3. The van der Waals surface area contributed by atoms with Crippen molar-refractivity contribution in [2.75, 3.05) is 13.2 Å². The molecule has 1 fully saturated rings. The van der Waals surface area contributed by atoms with Gasteiger partial charge in [0.05, 0.1) is 39.8 Å². The number of aromatic nitrogens is 7. The Balaban J connectivity index is 1.08. The zero-order valence-electron chi connectivity index (χ0n) is 30.6. The number of rotatable bonds is 6. The topological polar surface area (TPSA) is 90.8 Å². The fourth-order valence-electron chi connectivity index (χ4n) is 8.42. The molecule has 2 aliphatic heterocycles. The van der Waals surface area contributed by atoms with Crippen molar-refractivity contribution in [2.24, 2.45) is 7.05 Å². The van der Waals surface area contributed by atoms with E-state index in [9.17, 15) is 9.18 Å². The Morgan fingerprint density at radius 3 is 2.58 bits per heavy atom. The van der Waals surface area contributed by atoms with Gasteiger partial charge in [-0.15, -0.1) is 0 Å². The number of halogens is 2. The van der Waals surface area contributed by atoms with Crippen LogP contribution in [0.4, 0.5) is 8.78 Å². The number of fused-ring (bicyclic) bond motifs is 3. The van der Waals surface area contributed by atoms with E-state index < -0.39 is 11.5 Å². The molecule has 9 rings (SSSR count). The maximum Gasteiger partial charge on any atom is 0.338 e. The molecule has 53 heavy (non-hydrogen) atoms. The summed E-state index contributed by atoms with van der Waals surface area (Å²) in [6.45, 7) is 10.6. The molecule has 0 unspecified atom stereocenters. The van der Waals surface area contributed by atoms with Crippen molar-refractivity contribution in [3.05, 3.63) is 123 Å². The van der Waals surface area contributed by atoms with Crippen molar-refractivity contribution in [2.45, 2.75) is 71.6 Å². The number of imidazole rings is 1. The first-order valence-corrected chi connectivity index (χ1v) is 18.2. The van der Waals surface area contributed by atoms with Gasteiger partial charge in [-0.05, 0) is 111 Å². The molecule has 0 amide bonds. The molecular weight excluding hydrogens is 675 g/mol. The zero-order valence-corrected chi connectivity index (χ0v) is 30.6. The van der Waals surface area contributed by atoms with Crippen LogP contribution in [0.5, 0.6) is 0 Å². The molecule has 3 aromatic carbocycles. The molecule has 0 radical (unpaired) electrons. The average molecular weight is 717 g/mol. The molecule has 4 aromatic heterocycles. The molecule has 7 aromatic rings. The van der Waals surface area contributed by atoms with E-state index in [0.717, 1.165) is 48.5 Å². The van der Waals surface area contributed by atoms with Gasteiger partial charge in [0, 0.05) is 68.9 Å². The molecule has 1 atom stereocenters. The third-order valence-electron chi connectivity index (χ3n) is 11.1. The van der Waals surface area contributed by atoms with Gasteiger partial charge in [0.2, 0.25) is 0 Å². The second kappa shape index (κ2) is 12.4. The Labute approximate surface area is 305 Å².